The van der Waals surface area contributed by atoms with Crippen molar-refractivity contribution < 1.29 is 14.7 Å². The van der Waals surface area contributed by atoms with E-state index in [9.17, 15) is 9.59 Å². The lowest BCUT2D eigenvalue weighted by Gasteiger charge is -2.18. The van der Waals surface area contributed by atoms with Gasteiger partial charge in [0.1, 0.15) is 0 Å². The highest BCUT2D eigenvalue weighted by molar-refractivity contribution is 8.01. The van der Waals surface area contributed by atoms with Gasteiger partial charge in [0.05, 0.1) is 17.9 Å². The number of rotatable bonds is 9. The topological polar surface area (TPSA) is 70.5 Å². The van der Waals surface area contributed by atoms with E-state index in [-0.39, 0.29) is 18.1 Å². The smallest absolute Gasteiger partial charge is 0.308 e. The minimum Gasteiger partial charge on any atom is -0.481 e. The van der Waals surface area contributed by atoms with Crippen molar-refractivity contribution in [1.29, 1.82) is 0 Å². The minimum absolute atomic E-state index is 0.0209. The summed E-state index contributed by atoms with van der Waals surface area (Å²) in [6.45, 7) is 9.99. The molecular weight excluding hydrogens is 308 g/mol. The van der Waals surface area contributed by atoms with Crippen LogP contribution in [0.5, 0.6) is 0 Å². The van der Waals surface area contributed by atoms with E-state index < -0.39 is 5.97 Å². The van der Waals surface area contributed by atoms with Gasteiger partial charge in [0.2, 0.25) is 5.91 Å². The summed E-state index contributed by atoms with van der Waals surface area (Å²) in [5.74, 6) is -0.633. The number of carboxylic acids is 1. The average Bonchev–Trinajstić information content (AvgIpc) is 2.75. The second-order valence-corrected chi connectivity index (χ2v) is 6.53. The van der Waals surface area contributed by atoms with Gasteiger partial charge in [-0.05, 0) is 6.92 Å². The maximum atomic E-state index is 12.1. The number of carbonyl (C=O) groups excluding carboxylic acids is 1. The molecule has 0 saturated heterocycles. The van der Waals surface area contributed by atoms with Crippen molar-refractivity contribution in [3.8, 4) is 0 Å². The van der Waals surface area contributed by atoms with Crippen molar-refractivity contribution in [1.82, 2.24) is 9.88 Å². The maximum absolute atomic E-state index is 12.1. The number of aromatic nitrogens is 1. The summed E-state index contributed by atoms with van der Waals surface area (Å²) in [5, 5.41) is 8.80. The van der Waals surface area contributed by atoms with Crippen molar-refractivity contribution in [2.45, 2.75) is 17.7 Å². The lowest BCUT2D eigenvalue weighted by Crippen LogP contribution is -2.32. The van der Waals surface area contributed by atoms with Crippen molar-refractivity contribution in [2.75, 3.05) is 18.8 Å². The van der Waals surface area contributed by atoms with Crippen LogP contribution in [0.25, 0.3) is 0 Å². The van der Waals surface area contributed by atoms with Gasteiger partial charge in [0, 0.05) is 18.0 Å². The number of amides is 1. The summed E-state index contributed by atoms with van der Waals surface area (Å²) in [6.07, 6.45) is 3.31. The molecule has 0 aliphatic heterocycles. The van der Waals surface area contributed by atoms with Gasteiger partial charge in [0.15, 0.2) is 4.34 Å². The third-order valence-electron chi connectivity index (χ3n) is 2.56. The van der Waals surface area contributed by atoms with E-state index in [2.05, 4.69) is 18.1 Å². The van der Waals surface area contributed by atoms with E-state index in [0.717, 1.165) is 4.88 Å². The fourth-order valence-corrected chi connectivity index (χ4v) is 3.70. The Hall–Kier alpha value is -1.60. The molecule has 1 aromatic rings. The predicted octanol–water partition coefficient (Wildman–Crippen LogP) is 2.37. The van der Waals surface area contributed by atoms with Crippen molar-refractivity contribution >= 4 is 35.0 Å². The first kappa shape index (κ1) is 17.5. The highest BCUT2D eigenvalue weighted by Crippen LogP contribution is 2.27. The fourth-order valence-electron chi connectivity index (χ4n) is 1.57. The number of thioether (sulfide) groups is 1. The zero-order valence-corrected chi connectivity index (χ0v) is 13.5. The van der Waals surface area contributed by atoms with Gasteiger partial charge >= 0.3 is 5.97 Å². The zero-order valence-electron chi connectivity index (χ0n) is 11.9. The molecule has 1 heterocycles. The Balaban J connectivity index is 2.61. The molecule has 0 aliphatic rings. The second kappa shape index (κ2) is 8.63. The summed E-state index contributed by atoms with van der Waals surface area (Å²) >= 11 is 2.65. The molecule has 21 heavy (non-hydrogen) atoms. The van der Waals surface area contributed by atoms with Crippen LogP contribution in [0, 0.1) is 6.92 Å². The number of nitrogens with zero attached hydrogens (tertiary/aromatic N) is 2. The molecule has 0 atom stereocenters. The molecule has 0 aliphatic carbocycles. The Morgan fingerprint density at radius 3 is 2.52 bits per heavy atom. The first-order valence-electron chi connectivity index (χ1n) is 6.28. The lowest BCUT2D eigenvalue weighted by molar-refractivity contribution is -0.136. The van der Waals surface area contributed by atoms with Crippen molar-refractivity contribution in [3.05, 3.63) is 35.9 Å². The van der Waals surface area contributed by atoms with Crippen LogP contribution in [0.15, 0.2) is 29.6 Å². The normalized spacial score (nSPS) is 10.1. The molecule has 1 rings (SSSR count). The molecule has 5 nitrogen and oxygen atoms in total. The number of hydrogen-bond donors (Lipinski definition) is 1. The van der Waals surface area contributed by atoms with Crippen molar-refractivity contribution in [3.63, 3.8) is 0 Å². The summed E-state index contributed by atoms with van der Waals surface area (Å²) in [5.41, 5.74) is 0.714. The first-order valence-corrected chi connectivity index (χ1v) is 8.08. The van der Waals surface area contributed by atoms with Gasteiger partial charge < -0.3 is 10.0 Å². The molecule has 0 unspecified atom stereocenters. The standard InChI is InChI=1S/C14H18N2O3S2/c1-4-6-16(7-5-2)12(17)9-20-14-15-10(3)11(21-14)8-13(18)19/h4-5H,1-2,6-9H2,3H3,(H,18,19). The van der Waals surface area contributed by atoms with E-state index in [4.69, 9.17) is 5.11 Å². The number of aryl methyl sites for hydroxylation is 1. The second-order valence-electron chi connectivity index (χ2n) is 4.22. The number of carbonyl (C=O) groups is 2. The quantitative estimate of drug-likeness (QED) is 0.557. The van der Waals surface area contributed by atoms with E-state index >= 15 is 0 Å². The third-order valence-corrected chi connectivity index (χ3v) is 4.84. The molecule has 1 amide bonds. The molecule has 0 spiro atoms. The van der Waals surface area contributed by atoms with E-state index in [1.54, 1.807) is 24.0 Å². The van der Waals surface area contributed by atoms with E-state index in [0.29, 0.717) is 23.1 Å². The first-order chi connectivity index (χ1) is 9.97. The molecule has 0 radical (unpaired) electrons. The van der Waals surface area contributed by atoms with Crippen LogP contribution in [0.1, 0.15) is 10.6 Å². The predicted molar refractivity (Wildman–Crippen MR) is 85.9 cm³/mol. The average molecular weight is 326 g/mol. The Kier molecular flexibility index (Phi) is 7.18. The Bertz CT molecular complexity index is 530. The molecule has 1 aromatic heterocycles. The molecule has 1 N–H and O–H groups in total. The molecule has 0 saturated carbocycles. The summed E-state index contributed by atoms with van der Waals surface area (Å²) in [7, 11) is 0. The molecule has 0 aromatic carbocycles. The molecule has 0 bridgehead atoms. The molecule has 7 heteroatoms. The largest absolute Gasteiger partial charge is 0.481 e. The molecule has 0 fully saturated rings. The SMILES string of the molecule is C=CCN(CC=C)C(=O)CSc1nc(C)c(CC(=O)O)s1. The Morgan fingerprint density at radius 2 is 2.00 bits per heavy atom. The van der Waals surface area contributed by atoms with E-state index in [1.807, 2.05) is 0 Å². The van der Waals surface area contributed by atoms with Crippen LogP contribution < -0.4 is 0 Å². The highest BCUT2D eigenvalue weighted by atomic mass is 32.2. The number of carboxylic acid groups (broad SMARTS) is 1. The lowest BCUT2D eigenvalue weighted by atomic mass is 10.3. The van der Waals surface area contributed by atoms with Crippen molar-refractivity contribution in [2.24, 2.45) is 0 Å². The summed E-state index contributed by atoms with van der Waals surface area (Å²) in [4.78, 5) is 29.4. The highest BCUT2D eigenvalue weighted by Gasteiger charge is 2.15. The van der Waals surface area contributed by atoms with Gasteiger partial charge in [0.25, 0.3) is 0 Å². The van der Waals surface area contributed by atoms with Crippen LogP contribution in [0.4, 0.5) is 0 Å². The van der Waals surface area contributed by atoms with Gasteiger partial charge in [-0.1, -0.05) is 23.9 Å². The number of thiazole rings is 1. The third kappa shape index (κ3) is 5.73. The van der Waals surface area contributed by atoms with Gasteiger partial charge in [-0.3, -0.25) is 9.59 Å². The number of aliphatic carboxylic acids is 1. The van der Waals surface area contributed by atoms with Gasteiger partial charge in [-0.25, -0.2) is 4.98 Å². The van der Waals surface area contributed by atoms with Gasteiger partial charge in [-0.15, -0.1) is 24.5 Å². The van der Waals surface area contributed by atoms with Crippen LogP contribution in [-0.4, -0.2) is 45.7 Å². The van der Waals surface area contributed by atoms with Crippen LogP contribution >= 0.6 is 23.1 Å². The summed E-state index contributed by atoms with van der Waals surface area (Å²) in [6, 6.07) is 0. The Labute approximate surface area is 132 Å². The molecule has 114 valence electrons. The summed E-state index contributed by atoms with van der Waals surface area (Å²) < 4.78 is 0.717. The minimum atomic E-state index is -0.877. The van der Waals surface area contributed by atoms with Crippen LogP contribution in [-0.2, 0) is 16.0 Å². The van der Waals surface area contributed by atoms with E-state index in [1.165, 1.54) is 23.1 Å². The van der Waals surface area contributed by atoms with Crippen LogP contribution in [0.2, 0.25) is 0 Å². The van der Waals surface area contributed by atoms with Gasteiger partial charge in [-0.2, -0.15) is 0 Å². The molecular formula is C14H18N2O3S2. The Morgan fingerprint density at radius 1 is 1.38 bits per heavy atom. The maximum Gasteiger partial charge on any atom is 0.308 e. The number of hydrogen-bond acceptors (Lipinski definition) is 5. The zero-order chi connectivity index (χ0) is 15.8. The fraction of sp³-hybridized carbons (Fsp3) is 0.357. The monoisotopic (exact) mass is 326 g/mol. The van der Waals surface area contributed by atoms with Crippen LogP contribution in [0.3, 0.4) is 0 Å².